The van der Waals surface area contributed by atoms with Crippen LogP contribution < -0.4 is 8.92 Å². The zero-order valence-corrected chi connectivity index (χ0v) is 17.0. The normalized spacial score (nSPS) is 21.7. The van der Waals surface area contributed by atoms with Gasteiger partial charge in [0.2, 0.25) is 0 Å². The molecule has 0 bridgehead atoms. The summed E-state index contributed by atoms with van der Waals surface area (Å²) in [6.07, 6.45) is 10.4. The summed E-state index contributed by atoms with van der Waals surface area (Å²) in [4.78, 5) is 0. The average Bonchev–Trinajstić information content (AvgIpc) is 2.63. The van der Waals surface area contributed by atoms with Crippen LogP contribution in [0.2, 0.25) is 3.21 Å². The summed E-state index contributed by atoms with van der Waals surface area (Å²) in [5.74, 6) is 0. The molecule has 0 saturated heterocycles. The van der Waals surface area contributed by atoms with Crippen LogP contribution in [0.15, 0.2) is 60.7 Å². The molecule has 0 atom stereocenters. The van der Waals surface area contributed by atoms with E-state index in [2.05, 4.69) is 60.7 Å². The molecule has 1 spiro atoms. The number of rotatable bonds is 4. The van der Waals surface area contributed by atoms with Crippen molar-refractivity contribution >= 4 is 38.8 Å². The van der Waals surface area contributed by atoms with Crippen molar-refractivity contribution in [3.05, 3.63) is 60.7 Å². The van der Waals surface area contributed by atoms with Gasteiger partial charge in [-0.1, -0.05) is 0 Å². The van der Waals surface area contributed by atoms with Crippen LogP contribution in [0.25, 0.3) is 0 Å². The second-order valence-electron chi connectivity index (χ2n) is 6.92. The van der Waals surface area contributed by atoms with Gasteiger partial charge in [-0.3, -0.25) is 0 Å². The van der Waals surface area contributed by atoms with Crippen LogP contribution in [0.4, 0.5) is 0 Å². The fourth-order valence-electron chi connectivity index (χ4n) is 4.24. The monoisotopic (exact) mass is 436 g/mol. The molecule has 0 aromatic heterocycles. The fourth-order valence-corrected chi connectivity index (χ4v) is 12.8. The van der Waals surface area contributed by atoms with Crippen molar-refractivity contribution in [2.24, 2.45) is 5.41 Å². The first-order valence-corrected chi connectivity index (χ1v) is 12.2. The predicted molar refractivity (Wildman–Crippen MR) is 101 cm³/mol. The summed E-state index contributed by atoms with van der Waals surface area (Å²) in [7, 11) is 0. The van der Waals surface area contributed by atoms with E-state index < -0.39 is 0 Å². The molecule has 0 nitrogen and oxygen atoms in total. The third-order valence-corrected chi connectivity index (χ3v) is 13.6. The van der Waals surface area contributed by atoms with Gasteiger partial charge in [0.1, 0.15) is 0 Å². The van der Waals surface area contributed by atoms with E-state index in [1.54, 1.807) is 8.92 Å². The van der Waals surface area contributed by atoms with Gasteiger partial charge in [-0.15, -0.1) is 0 Å². The Kier molecular flexibility index (Phi) is 4.70. The van der Waals surface area contributed by atoms with Crippen LogP contribution in [0, 0.1) is 5.41 Å². The van der Waals surface area contributed by atoms with E-state index in [0.29, 0.717) is 38.5 Å². The van der Waals surface area contributed by atoms with Gasteiger partial charge in [0.25, 0.3) is 0 Å². The van der Waals surface area contributed by atoms with Crippen molar-refractivity contribution in [1.29, 1.82) is 0 Å². The summed E-state index contributed by atoms with van der Waals surface area (Å²) < 4.78 is 3.85. The second-order valence-corrected chi connectivity index (χ2v) is 14.0. The molecule has 120 valence electrons. The van der Waals surface area contributed by atoms with Crippen LogP contribution in [-0.2, 0) is 0 Å². The summed E-state index contributed by atoms with van der Waals surface area (Å²) in [5.41, 5.74) is 0.678. The van der Waals surface area contributed by atoms with Crippen molar-refractivity contribution in [3.63, 3.8) is 0 Å². The SMILES string of the molecule is c1ccc([Se]C2([Se]c3ccccc3)CCC23CCCCC3)cc1. The van der Waals surface area contributed by atoms with E-state index in [1.807, 2.05) is 0 Å². The summed E-state index contributed by atoms with van der Waals surface area (Å²) >= 11 is 1.22. The maximum absolute atomic E-state index is 2.37. The first-order valence-electron chi connectivity index (χ1n) is 8.80. The molecule has 2 aliphatic carbocycles. The van der Waals surface area contributed by atoms with Crippen molar-refractivity contribution in [1.82, 2.24) is 0 Å². The second kappa shape index (κ2) is 6.77. The zero-order chi connectivity index (χ0) is 15.6. The summed E-state index contributed by atoms with van der Waals surface area (Å²) in [6, 6.07) is 22.7. The molecule has 2 aromatic carbocycles. The van der Waals surface area contributed by atoms with Crippen LogP contribution >= 0.6 is 0 Å². The molecule has 2 aliphatic rings. The Labute approximate surface area is 152 Å². The third kappa shape index (κ3) is 3.08. The van der Waals surface area contributed by atoms with Crippen LogP contribution in [0.5, 0.6) is 0 Å². The van der Waals surface area contributed by atoms with Gasteiger partial charge in [-0.05, 0) is 0 Å². The fraction of sp³-hybridized carbons (Fsp3) is 0.429. The maximum atomic E-state index is 2.37. The van der Waals surface area contributed by atoms with Gasteiger partial charge in [0.15, 0.2) is 0 Å². The minimum atomic E-state index is 0.611. The predicted octanol–water partition coefficient (Wildman–Crippen LogP) is 3.91. The van der Waals surface area contributed by atoms with Gasteiger partial charge >= 0.3 is 153 Å². The molecule has 0 heterocycles. The van der Waals surface area contributed by atoms with Gasteiger partial charge < -0.3 is 0 Å². The Balaban J connectivity index is 1.66. The summed E-state index contributed by atoms with van der Waals surface area (Å²) in [5, 5.41) is 0. The van der Waals surface area contributed by atoms with Crippen molar-refractivity contribution < 1.29 is 0 Å². The number of hydrogen-bond donors (Lipinski definition) is 0. The Morgan fingerprint density at radius 2 is 1.09 bits per heavy atom. The standard InChI is InChI=1S/C21H24Se2/c1-4-10-18(11-5-1)22-21(23-19-12-6-2-7-13-19)17-16-20(21)14-8-3-9-15-20/h1-2,4-7,10-13H,3,8-9,14-17H2. The molecule has 0 radical (unpaired) electrons. The van der Waals surface area contributed by atoms with E-state index in [4.69, 9.17) is 0 Å². The Bertz CT molecular complexity index is 588. The van der Waals surface area contributed by atoms with Gasteiger partial charge in [-0.25, -0.2) is 0 Å². The number of benzene rings is 2. The molecular weight excluding hydrogens is 410 g/mol. The summed E-state index contributed by atoms with van der Waals surface area (Å²) in [6.45, 7) is 0. The van der Waals surface area contributed by atoms with Gasteiger partial charge in [0, 0.05) is 0 Å². The van der Waals surface area contributed by atoms with E-state index in [9.17, 15) is 0 Å². The molecule has 0 N–H and O–H groups in total. The van der Waals surface area contributed by atoms with E-state index >= 15 is 0 Å². The molecule has 0 aliphatic heterocycles. The van der Waals surface area contributed by atoms with Crippen LogP contribution in [0.1, 0.15) is 44.9 Å². The number of hydrogen-bond acceptors (Lipinski definition) is 0. The molecular formula is C21H24Se2. The first kappa shape index (κ1) is 16.0. The molecule has 0 amide bonds. The van der Waals surface area contributed by atoms with E-state index in [-0.39, 0.29) is 0 Å². The quantitative estimate of drug-likeness (QED) is 0.641. The average molecular weight is 434 g/mol. The van der Waals surface area contributed by atoms with Gasteiger partial charge in [-0.2, -0.15) is 0 Å². The topological polar surface area (TPSA) is 0 Å². The molecule has 2 saturated carbocycles. The molecule has 2 fully saturated rings. The minimum absolute atomic E-state index is 0.611. The van der Waals surface area contributed by atoms with Gasteiger partial charge in [0.05, 0.1) is 0 Å². The van der Waals surface area contributed by atoms with Crippen LogP contribution in [0.3, 0.4) is 0 Å². The molecule has 2 aromatic rings. The van der Waals surface area contributed by atoms with Crippen molar-refractivity contribution in [2.75, 3.05) is 0 Å². The van der Waals surface area contributed by atoms with E-state index in [1.165, 1.54) is 44.9 Å². The molecule has 23 heavy (non-hydrogen) atoms. The molecule has 4 rings (SSSR count). The molecule has 0 unspecified atom stereocenters. The van der Waals surface area contributed by atoms with Crippen molar-refractivity contribution in [2.45, 2.75) is 48.2 Å². The van der Waals surface area contributed by atoms with Crippen LogP contribution in [-0.4, -0.2) is 29.9 Å². The molecule has 2 heteroatoms. The Morgan fingerprint density at radius 1 is 0.565 bits per heavy atom. The third-order valence-electron chi connectivity index (χ3n) is 5.60. The zero-order valence-electron chi connectivity index (χ0n) is 13.5. The Morgan fingerprint density at radius 3 is 1.52 bits per heavy atom. The van der Waals surface area contributed by atoms with Crippen molar-refractivity contribution in [3.8, 4) is 0 Å². The first-order chi connectivity index (χ1) is 11.3. The van der Waals surface area contributed by atoms with E-state index in [0.717, 1.165) is 0 Å². The Hall–Kier alpha value is -0.521.